The van der Waals surface area contributed by atoms with Gasteiger partial charge in [0.15, 0.2) is 0 Å². The van der Waals surface area contributed by atoms with E-state index in [1.807, 2.05) is 20.0 Å². The van der Waals surface area contributed by atoms with E-state index in [1.54, 1.807) is 6.07 Å². The molecular weight excluding hydrogens is 177 g/mol. The SMILES string of the molecule is CCCC(NC)c1cc(F)ccc1C. The van der Waals surface area contributed by atoms with Gasteiger partial charge in [-0.05, 0) is 43.7 Å². The van der Waals surface area contributed by atoms with E-state index in [2.05, 4.69) is 12.2 Å². The molecule has 1 atom stereocenters. The summed E-state index contributed by atoms with van der Waals surface area (Å²) in [6, 6.07) is 5.25. The molecule has 0 aliphatic heterocycles. The lowest BCUT2D eigenvalue weighted by Gasteiger charge is -2.18. The van der Waals surface area contributed by atoms with Crippen molar-refractivity contribution in [3.05, 3.63) is 35.1 Å². The van der Waals surface area contributed by atoms with Crippen LogP contribution >= 0.6 is 0 Å². The largest absolute Gasteiger partial charge is 0.313 e. The van der Waals surface area contributed by atoms with Crippen molar-refractivity contribution in [1.82, 2.24) is 5.32 Å². The topological polar surface area (TPSA) is 12.0 Å². The Balaban J connectivity index is 2.96. The van der Waals surface area contributed by atoms with Gasteiger partial charge in [-0.2, -0.15) is 0 Å². The zero-order chi connectivity index (χ0) is 10.6. The molecule has 0 saturated carbocycles. The number of nitrogens with one attached hydrogen (secondary N) is 1. The number of rotatable bonds is 4. The Kier molecular flexibility index (Phi) is 4.08. The number of aryl methyl sites for hydroxylation is 1. The Labute approximate surface area is 85.3 Å². The summed E-state index contributed by atoms with van der Waals surface area (Å²) in [5.74, 6) is -0.151. The smallest absolute Gasteiger partial charge is 0.123 e. The fourth-order valence-electron chi connectivity index (χ4n) is 1.73. The Hall–Kier alpha value is -0.890. The molecule has 78 valence electrons. The molecule has 0 bridgehead atoms. The molecule has 1 rings (SSSR count). The van der Waals surface area contributed by atoms with Gasteiger partial charge in [-0.15, -0.1) is 0 Å². The average Bonchev–Trinajstić information content (AvgIpc) is 2.18. The van der Waals surface area contributed by atoms with Gasteiger partial charge in [-0.1, -0.05) is 19.4 Å². The van der Waals surface area contributed by atoms with Crippen LogP contribution in [-0.2, 0) is 0 Å². The first-order chi connectivity index (χ1) is 6.69. The Bertz CT molecular complexity index is 296. The molecule has 0 aliphatic rings. The van der Waals surface area contributed by atoms with Crippen LogP contribution in [0.2, 0.25) is 0 Å². The van der Waals surface area contributed by atoms with Gasteiger partial charge in [0.1, 0.15) is 5.82 Å². The summed E-state index contributed by atoms with van der Waals surface area (Å²) in [7, 11) is 1.92. The molecule has 0 fully saturated rings. The van der Waals surface area contributed by atoms with Gasteiger partial charge in [0.05, 0.1) is 0 Å². The molecule has 1 aromatic carbocycles. The third-order valence-corrected chi connectivity index (χ3v) is 2.54. The van der Waals surface area contributed by atoms with Gasteiger partial charge in [-0.25, -0.2) is 4.39 Å². The monoisotopic (exact) mass is 195 g/mol. The number of benzene rings is 1. The van der Waals surface area contributed by atoms with Crippen LogP contribution < -0.4 is 5.32 Å². The van der Waals surface area contributed by atoms with Gasteiger partial charge in [0, 0.05) is 6.04 Å². The first-order valence-electron chi connectivity index (χ1n) is 5.12. The van der Waals surface area contributed by atoms with Gasteiger partial charge in [-0.3, -0.25) is 0 Å². The molecule has 0 radical (unpaired) electrons. The summed E-state index contributed by atoms with van der Waals surface area (Å²) < 4.78 is 13.1. The highest BCUT2D eigenvalue weighted by Gasteiger charge is 2.11. The Morgan fingerprint density at radius 3 is 2.71 bits per heavy atom. The van der Waals surface area contributed by atoms with E-state index in [0.29, 0.717) is 0 Å². The van der Waals surface area contributed by atoms with Crippen molar-refractivity contribution in [3.63, 3.8) is 0 Å². The standard InChI is InChI=1S/C12H18FN/c1-4-5-12(14-3)11-8-10(13)7-6-9(11)2/h6-8,12,14H,4-5H2,1-3H3. The van der Waals surface area contributed by atoms with Gasteiger partial charge in [0.2, 0.25) is 0 Å². The average molecular weight is 195 g/mol. The molecule has 1 unspecified atom stereocenters. The van der Waals surface area contributed by atoms with Crippen molar-refractivity contribution >= 4 is 0 Å². The summed E-state index contributed by atoms with van der Waals surface area (Å²) in [6.45, 7) is 4.16. The van der Waals surface area contributed by atoms with Crippen molar-refractivity contribution < 1.29 is 4.39 Å². The lowest BCUT2D eigenvalue weighted by atomic mass is 9.98. The van der Waals surface area contributed by atoms with E-state index in [1.165, 1.54) is 6.07 Å². The van der Waals surface area contributed by atoms with E-state index < -0.39 is 0 Å². The van der Waals surface area contributed by atoms with Crippen LogP contribution in [0.3, 0.4) is 0 Å². The van der Waals surface area contributed by atoms with Crippen LogP contribution in [-0.4, -0.2) is 7.05 Å². The second-order valence-electron chi connectivity index (χ2n) is 3.63. The van der Waals surface area contributed by atoms with Crippen LogP contribution in [0, 0.1) is 12.7 Å². The predicted octanol–water partition coefficient (Wildman–Crippen LogP) is 3.19. The quantitative estimate of drug-likeness (QED) is 0.778. The highest BCUT2D eigenvalue weighted by atomic mass is 19.1. The molecule has 0 amide bonds. The van der Waals surface area contributed by atoms with Gasteiger partial charge in [0.25, 0.3) is 0 Å². The lowest BCUT2D eigenvalue weighted by Crippen LogP contribution is -2.17. The highest BCUT2D eigenvalue weighted by Crippen LogP contribution is 2.22. The summed E-state index contributed by atoms with van der Waals surface area (Å²) in [5, 5.41) is 3.22. The number of halogens is 1. The van der Waals surface area contributed by atoms with Crippen molar-refractivity contribution in [2.24, 2.45) is 0 Å². The highest BCUT2D eigenvalue weighted by molar-refractivity contribution is 5.29. The first kappa shape index (κ1) is 11.2. The molecule has 0 aliphatic carbocycles. The second kappa shape index (κ2) is 5.11. The molecule has 0 saturated heterocycles. The molecule has 1 nitrogen and oxygen atoms in total. The molecule has 1 N–H and O–H groups in total. The van der Waals surface area contributed by atoms with E-state index >= 15 is 0 Å². The van der Waals surface area contributed by atoms with E-state index in [-0.39, 0.29) is 11.9 Å². The van der Waals surface area contributed by atoms with Crippen LogP contribution in [0.5, 0.6) is 0 Å². The number of hydrogen-bond donors (Lipinski definition) is 1. The van der Waals surface area contributed by atoms with Crippen molar-refractivity contribution in [2.75, 3.05) is 7.05 Å². The van der Waals surface area contributed by atoms with Crippen molar-refractivity contribution in [2.45, 2.75) is 32.7 Å². The molecule has 1 aromatic rings. The minimum atomic E-state index is -0.151. The fraction of sp³-hybridized carbons (Fsp3) is 0.500. The Morgan fingerprint density at radius 1 is 1.43 bits per heavy atom. The maximum absolute atomic E-state index is 13.1. The van der Waals surface area contributed by atoms with Crippen LogP contribution in [0.4, 0.5) is 4.39 Å². The fourth-order valence-corrected chi connectivity index (χ4v) is 1.73. The van der Waals surface area contributed by atoms with Crippen molar-refractivity contribution in [1.29, 1.82) is 0 Å². The third kappa shape index (κ3) is 2.55. The van der Waals surface area contributed by atoms with E-state index in [9.17, 15) is 4.39 Å². The predicted molar refractivity (Wildman–Crippen MR) is 57.8 cm³/mol. The maximum atomic E-state index is 13.1. The zero-order valence-corrected chi connectivity index (χ0v) is 9.10. The molecule has 14 heavy (non-hydrogen) atoms. The molecule has 0 aromatic heterocycles. The molecule has 0 spiro atoms. The Morgan fingerprint density at radius 2 is 2.14 bits per heavy atom. The zero-order valence-electron chi connectivity index (χ0n) is 9.10. The van der Waals surface area contributed by atoms with Gasteiger partial charge >= 0.3 is 0 Å². The minimum absolute atomic E-state index is 0.151. The van der Waals surface area contributed by atoms with Gasteiger partial charge < -0.3 is 5.32 Å². The lowest BCUT2D eigenvalue weighted by molar-refractivity contribution is 0.532. The summed E-state index contributed by atoms with van der Waals surface area (Å²) in [4.78, 5) is 0. The summed E-state index contributed by atoms with van der Waals surface area (Å²) in [6.07, 6.45) is 2.14. The molecular formula is C12H18FN. The summed E-state index contributed by atoms with van der Waals surface area (Å²) >= 11 is 0. The van der Waals surface area contributed by atoms with Crippen molar-refractivity contribution in [3.8, 4) is 0 Å². The molecule has 0 heterocycles. The summed E-state index contributed by atoms with van der Waals surface area (Å²) in [5.41, 5.74) is 2.23. The normalized spacial score (nSPS) is 12.9. The second-order valence-corrected chi connectivity index (χ2v) is 3.63. The maximum Gasteiger partial charge on any atom is 0.123 e. The first-order valence-corrected chi connectivity index (χ1v) is 5.12. The molecule has 2 heteroatoms. The van der Waals surface area contributed by atoms with Crippen LogP contribution in [0.1, 0.15) is 36.9 Å². The van der Waals surface area contributed by atoms with E-state index in [4.69, 9.17) is 0 Å². The van der Waals surface area contributed by atoms with Crippen LogP contribution in [0.25, 0.3) is 0 Å². The number of hydrogen-bond acceptors (Lipinski definition) is 1. The third-order valence-electron chi connectivity index (χ3n) is 2.54. The minimum Gasteiger partial charge on any atom is -0.313 e. The van der Waals surface area contributed by atoms with E-state index in [0.717, 1.165) is 24.0 Å². The van der Waals surface area contributed by atoms with Crippen LogP contribution in [0.15, 0.2) is 18.2 Å².